The van der Waals surface area contributed by atoms with E-state index >= 15 is 0 Å². The van der Waals surface area contributed by atoms with Crippen LogP contribution in [0.4, 0.5) is 0 Å². The van der Waals surface area contributed by atoms with Crippen molar-refractivity contribution in [2.24, 2.45) is 0 Å². The average Bonchev–Trinajstić information content (AvgIpc) is 2.29. The monoisotopic (exact) mass is 361 g/mol. The summed E-state index contributed by atoms with van der Waals surface area (Å²) in [5.41, 5.74) is 0.0735. The van der Waals surface area contributed by atoms with Crippen molar-refractivity contribution < 1.29 is 18.3 Å². The molecule has 0 aromatic heterocycles. The van der Waals surface area contributed by atoms with Crippen LogP contribution in [-0.4, -0.2) is 25.0 Å². The van der Waals surface area contributed by atoms with Gasteiger partial charge >= 0.3 is 5.97 Å². The van der Waals surface area contributed by atoms with Crippen LogP contribution in [0.3, 0.4) is 0 Å². The number of hydrogen-bond acceptors (Lipinski definition) is 3. The van der Waals surface area contributed by atoms with Crippen LogP contribution in [0.5, 0.6) is 0 Å². The summed E-state index contributed by atoms with van der Waals surface area (Å²) in [5.74, 6) is -1.14. The third kappa shape index (κ3) is 2.89. The van der Waals surface area contributed by atoms with Gasteiger partial charge in [0, 0.05) is 10.0 Å². The highest BCUT2D eigenvalue weighted by molar-refractivity contribution is 9.10. The second-order valence-corrected chi connectivity index (χ2v) is 7.94. The fourth-order valence-corrected chi connectivity index (χ4v) is 4.35. The molecule has 0 unspecified atom stereocenters. The molecular weight excluding hydrogens is 346 g/mol. The van der Waals surface area contributed by atoms with Crippen molar-refractivity contribution in [2.75, 3.05) is 0 Å². The normalized spacial score (nSPS) is 17.6. The summed E-state index contributed by atoms with van der Waals surface area (Å²) in [6, 6.07) is 2.64. The van der Waals surface area contributed by atoms with E-state index in [1.807, 2.05) is 6.92 Å². The Kier molecular flexibility index (Phi) is 3.96. The summed E-state index contributed by atoms with van der Waals surface area (Å²) < 4.78 is 27.8. The van der Waals surface area contributed by atoms with Crippen LogP contribution in [0.15, 0.2) is 21.5 Å². The SMILES string of the molecule is Cc1c(Br)cc(S(=O)(=O)NC2(C)CCC2)cc1C(=O)O. The molecule has 0 atom stereocenters. The van der Waals surface area contributed by atoms with Crippen molar-refractivity contribution in [3.8, 4) is 0 Å². The number of benzene rings is 1. The van der Waals surface area contributed by atoms with Gasteiger partial charge in [-0.2, -0.15) is 0 Å². The Morgan fingerprint density at radius 1 is 1.40 bits per heavy atom. The maximum Gasteiger partial charge on any atom is 0.336 e. The Morgan fingerprint density at radius 3 is 2.45 bits per heavy atom. The Balaban J connectivity index is 2.44. The number of sulfonamides is 1. The molecule has 0 spiro atoms. The number of nitrogens with one attached hydrogen (secondary N) is 1. The smallest absolute Gasteiger partial charge is 0.336 e. The molecule has 1 aliphatic carbocycles. The van der Waals surface area contributed by atoms with Gasteiger partial charge in [-0.25, -0.2) is 17.9 Å². The molecule has 110 valence electrons. The van der Waals surface area contributed by atoms with Gasteiger partial charge in [-0.05, 0) is 50.8 Å². The van der Waals surface area contributed by atoms with Crippen LogP contribution >= 0.6 is 15.9 Å². The van der Waals surface area contributed by atoms with Crippen LogP contribution in [0.2, 0.25) is 0 Å². The lowest BCUT2D eigenvalue weighted by Crippen LogP contribution is -2.50. The standard InChI is InChI=1S/C13H16BrNO4S/c1-8-10(12(16)17)6-9(7-11(8)14)20(18,19)15-13(2)4-3-5-13/h6-7,15H,3-5H2,1-2H3,(H,16,17). The number of carboxylic acid groups (broad SMARTS) is 1. The third-order valence-electron chi connectivity index (χ3n) is 3.70. The van der Waals surface area contributed by atoms with Crippen molar-refractivity contribution >= 4 is 31.9 Å². The molecule has 0 bridgehead atoms. The first-order chi connectivity index (χ1) is 9.15. The van der Waals surface area contributed by atoms with Gasteiger partial charge in [0.05, 0.1) is 10.5 Å². The zero-order valence-electron chi connectivity index (χ0n) is 11.2. The first-order valence-electron chi connectivity index (χ1n) is 6.22. The van der Waals surface area contributed by atoms with E-state index in [4.69, 9.17) is 5.11 Å². The van der Waals surface area contributed by atoms with E-state index in [1.165, 1.54) is 12.1 Å². The minimum Gasteiger partial charge on any atom is -0.478 e. The molecule has 2 rings (SSSR count). The molecule has 0 aliphatic heterocycles. The first-order valence-corrected chi connectivity index (χ1v) is 8.50. The summed E-state index contributed by atoms with van der Waals surface area (Å²) >= 11 is 3.21. The molecule has 7 heteroatoms. The lowest BCUT2D eigenvalue weighted by molar-refractivity contribution is 0.0695. The van der Waals surface area contributed by atoms with E-state index < -0.39 is 21.5 Å². The van der Waals surface area contributed by atoms with Gasteiger partial charge < -0.3 is 5.11 Å². The summed E-state index contributed by atoms with van der Waals surface area (Å²) in [4.78, 5) is 11.1. The molecule has 0 heterocycles. The van der Waals surface area contributed by atoms with Gasteiger partial charge in [0.1, 0.15) is 0 Å². The molecule has 1 aliphatic rings. The number of carbonyl (C=O) groups is 1. The third-order valence-corrected chi connectivity index (χ3v) is 6.14. The largest absolute Gasteiger partial charge is 0.478 e. The Bertz CT molecular complexity index is 665. The zero-order valence-corrected chi connectivity index (χ0v) is 13.6. The topological polar surface area (TPSA) is 83.5 Å². The van der Waals surface area contributed by atoms with E-state index in [0.717, 1.165) is 19.3 Å². The quantitative estimate of drug-likeness (QED) is 0.863. The van der Waals surface area contributed by atoms with Crippen molar-refractivity contribution in [1.82, 2.24) is 4.72 Å². The Morgan fingerprint density at radius 2 is 2.00 bits per heavy atom. The first kappa shape index (κ1) is 15.5. The second-order valence-electron chi connectivity index (χ2n) is 5.40. The van der Waals surface area contributed by atoms with Gasteiger partial charge in [-0.1, -0.05) is 15.9 Å². The predicted molar refractivity (Wildman–Crippen MR) is 78.4 cm³/mol. The van der Waals surface area contributed by atoms with Crippen LogP contribution < -0.4 is 4.72 Å². The van der Waals surface area contributed by atoms with E-state index in [2.05, 4.69) is 20.7 Å². The summed E-state index contributed by atoms with van der Waals surface area (Å²) in [6.45, 7) is 3.49. The summed E-state index contributed by atoms with van der Waals surface area (Å²) in [6.07, 6.45) is 2.59. The van der Waals surface area contributed by atoms with Crippen molar-refractivity contribution in [3.63, 3.8) is 0 Å². The molecule has 0 amide bonds. The molecule has 1 saturated carbocycles. The average molecular weight is 362 g/mol. The van der Waals surface area contributed by atoms with Crippen LogP contribution in [0.1, 0.15) is 42.1 Å². The minimum absolute atomic E-state index is 0.0153. The van der Waals surface area contributed by atoms with E-state index in [-0.39, 0.29) is 10.5 Å². The number of halogens is 1. The molecular formula is C13H16BrNO4S. The molecule has 5 nitrogen and oxygen atoms in total. The molecule has 20 heavy (non-hydrogen) atoms. The van der Waals surface area contributed by atoms with Crippen molar-refractivity contribution in [1.29, 1.82) is 0 Å². The highest BCUT2D eigenvalue weighted by atomic mass is 79.9. The second kappa shape index (κ2) is 5.13. The number of rotatable bonds is 4. The molecule has 0 radical (unpaired) electrons. The molecule has 1 aromatic carbocycles. The molecule has 1 fully saturated rings. The van der Waals surface area contributed by atoms with Crippen LogP contribution in [0.25, 0.3) is 0 Å². The van der Waals surface area contributed by atoms with Crippen molar-refractivity contribution in [3.05, 3.63) is 27.7 Å². The van der Waals surface area contributed by atoms with Gasteiger partial charge in [0.15, 0.2) is 0 Å². The van der Waals surface area contributed by atoms with E-state index in [0.29, 0.717) is 10.0 Å². The van der Waals surface area contributed by atoms with Gasteiger partial charge in [-0.3, -0.25) is 0 Å². The van der Waals surface area contributed by atoms with E-state index in [1.54, 1.807) is 6.92 Å². The minimum atomic E-state index is -3.72. The number of aromatic carboxylic acids is 1. The van der Waals surface area contributed by atoms with E-state index in [9.17, 15) is 13.2 Å². The van der Waals surface area contributed by atoms with Crippen LogP contribution in [-0.2, 0) is 10.0 Å². The Labute approximate surface area is 126 Å². The van der Waals surface area contributed by atoms with Crippen LogP contribution in [0, 0.1) is 6.92 Å². The molecule has 2 N–H and O–H groups in total. The maximum absolute atomic E-state index is 12.4. The molecule has 1 aromatic rings. The number of carboxylic acids is 1. The van der Waals surface area contributed by atoms with Gasteiger partial charge in [-0.15, -0.1) is 0 Å². The number of hydrogen-bond donors (Lipinski definition) is 2. The lowest BCUT2D eigenvalue weighted by Gasteiger charge is -2.38. The Hall–Kier alpha value is -0.920. The van der Waals surface area contributed by atoms with Gasteiger partial charge in [0.2, 0.25) is 10.0 Å². The fraction of sp³-hybridized carbons (Fsp3) is 0.462. The van der Waals surface area contributed by atoms with Gasteiger partial charge in [0.25, 0.3) is 0 Å². The highest BCUT2D eigenvalue weighted by Crippen LogP contribution is 2.33. The lowest BCUT2D eigenvalue weighted by atomic mass is 9.80. The highest BCUT2D eigenvalue weighted by Gasteiger charge is 2.36. The van der Waals surface area contributed by atoms with Crippen molar-refractivity contribution in [2.45, 2.75) is 43.5 Å². The zero-order chi connectivity index (χ0) is 15.1. The molecule has 0 saturated heterocycles. The fourth-order valence-electron chi connectivity index (χ4n) is 2.22. The summed E-state index contributed by atoms with van der Waals surface area (Å²) in [5, 5.41) is 9.13. The predicted octanol–water partition coefficient (Wildman–Crippen LogP) is 2.68. The maximum atomic E-state index is 12.4. The summed E-state index contributed by atoms with van der Waals surface area (Å²) in [7, 11) is -3.72.